The van der Waals surface area contributed by atoms with Crippen LogP contribution in [0.3, 0.4) is 0 Å². The van der Waals surface area contributed by atoms with Crippen LogP contribution in [-0.4, -0.2) is 15.0 Å². The highest BCUT2D eigenvalue weighted by molar-refractivity contribution is 6.13. The van der Waals surface area contributed by atoms with Crippen molar-refractivity contribution in [2.75, 3.05) is 0 Å². The van der Waals surface area contributed by atoms with Gasteiger partial charge in [0.1, 0.15) is 11.2 Å². The average Bonchev–Trinajstić information content (AvgIpc) is 3.73. The SMILES string of the molecule is c1ccc(-c2ccc(-c3ccc(-c4ccc5oc6cccc(-c7nc(-c8ccccc8)nc(-c8ccc(-c9ccccc9)cc8)n7)c6c5c4)c(-c4ccccc4)c3)cc2)cc1. The molecule has 9 aromatic carbocycles. The molecule has 11 rings (SSSR count). The normalized spacial score (nSPS) is 11.3. The summed E-state index contributed by atoms with van der Waals surface area (Å²) in [5, 5.41) is 1.96. The molecule has 0 aliphatic heterocycles. The van der Waals surface area contributed by atoms with Gasteiger partial charge in [0.15, 0.2) is 17.5 Å². The smallest absolute Gasteiger partial charge is 0.164 e. The number of rotatable bonds is 8. The first kappa shape index (κ1) is 35.9. The van der Waals surface area contributed by atoms with Gasteiger partial charge in [0.05, 0.1) is 0 Å². The molecule has 4 heteroatoms. The summed E-state index contributed by atoms with van der Waals surface area (Å²) in [5.74, 6) is 1.80. The van der Waals surface area contributed by atoms with E-state index in [1.807, 2.05) is 48.5 Å². The molecule has 0 N–H and O–H groups in total. The molecule has 0 bridgehead atoms. The van der Waals surface area contributed by atoms with Crippen LogP contribution >= 0.6 is 0 Å². The maximum absolute atomic E-state index is 6.55. The summed E-state index contributed by atoms with van der Waals surface area (Å²) in [4.78, 5) is 15.3. The van der Waals surface area contributed by atoms with E-state index in [1.165, 1.54) is 16.7 Å². The van der Waals surface area contributed by atoms with E-state index >= 15 is 0 Å². The summed E-state index contributed by atoms with van der Waals surface area (Å²) in [6, 6.07) is 78.3. The highest BCUT2D eigenvalue weighted by atomic mass is 16.3. The molecule has 61 heavy (non-hydrogen) atoms. The Kier molecular flexibility index (Phi) is 9.14. The van der Waals surface area contributed by atoms with Crippen molar-refractivity contribution in [3.63, 3.8) is 0 Å². The lowest BCUT2D eigenvalue weighted by atomic mass is 9.90. The van der Waals surface area contributed by atoms with Gasteiger partial charge in [-0.2, -0.15) is 0 Å². The van der Waals surface area contributed by atoms with E-state index in [0.29, 0.717) is 17.5 Å². The maximum atomic E-state index is 6.55. The third-order valence-corrected chi connectivity index (χ3v) is 11.4. The van der Waals surface area contributed by atoms with Gasteiger partial charge in [-0.15, -0.1) is 0 Å². The van der Waals surface area contributed by atoms with Gasteiger partial charge in [0, 0.05) is 27.5 Å². The van der Waals surface area contributed by atoms with Crippen LogP contribution in [0.2, 0.25) is 0 Å². The number of furan rings is 1. The molecule has 0 spiro atoms. The number of fused-ring (bicyclic) bond motifs is 3. The summed E-state index contributed by atoms with van der Waals surface area (Å²) >= 11 is 0. The van der Waals surface area contributed by atoms with Gasteiger partial charge < -0.3 is 4.42 Å². The van der Waals surface area contributed by atoms with E-state index in [0.717, 1.165) is 77.6 Å². The van der Waals surface area contributed by atoms with Crippen molar-refractivity contribution >= 4 is 21.9 Å². The first-order valence-electron chi connectivity index (χ1n) is 20.5. The molecule has 0 unspecified atom stereocenters. The molecule has 11 aromatic rings. The molecule has 0 saturated heterocycles. The van der Waals surface area contributed by atoms with Gasteiger partial charge in [-0.1, -0.05) is 200 Å². The lowest BCUT2D eigenvalue weighted by molar-refractivity contribution is 0.669. The van der Waals surface area contributed by atoms with Crippen molar-refractivity contribution in [2.24, 2.45) is 0 Å². The monoisotopic (exact) mass is 779 g/mol. The van der Waals surface area contributed by atoms with Crippen LogP contribution < -0.4 is 0 Å². The van der Waals surface area contributed by atoms with Gasteiger partial charge in [-0.25, -0.2) is 15.0 Å². The van der Waals surface area contributed by atoms with E-state index < -0.39 is 0 Å². The van der Waals surface area contributed by atoms with Gasteiger partial charge in [0.25, 0.3) is 0 Å². The predicted octanol–water partition coefficient (Wildman–Crippen LogP) is 15.1. The Morgan fingerprint density at radius 3 is 1.28 bits per heavy atom. The van der Waals surface area contributed by atoms with E-state index in [9.17, 15) is 0 Å². The number of hydrogen-bond acceptors (Lipinski definition) is 4. The fraction of sp³-hybridized carbons (Fsp3) is 0. The summed E-state index contributed by atoms with van der Waals surface area (Å²) in [7, 11) is 0. The Morgan fingerprint density at radius 2 is 0.689 bits per heavy atom. The summed E-state index contributed by atoms with van der Waals surface area (Å²) in [6.45, 7) is 0. The molecule has 0 saturated carbocycles. The standard InChI is InChI=1S/C57H37N3O/c1-5-14-38(15-6-1)40-24-26-42(27-25-40)46-32-34-48(50(36-46)43-18-9-3-10-19-43)47-33-35-52-51(37-47)54-49(22-13-23-53(54)61-52)57-59-55(44-20-11-4-12-21-44)58-56(60-57)45-30-28-41(29-31-45)39-16-7-2-8-17-39/h1-37H. The van der Waals surface area contributed by atoms with Crippen LogP contribution in [-0.2, 0) is 0 Å². The zero-order valence-electron chi connectivity index (χ0n) is 33.1. The van der Waals surface area contributed by atoms with Crippen LogP contribution in [0.4, 0.5) is 0 Å². The van der Waals surface area contributed by atoms with Gasteiger partial charge in [-0.3, -0.25) is 0 Å². The van der Waals surface area contributed by atoms with Gasteiger partial charge >= 0.3 is 0 Å². The Bertz CT molecular complexity index is 3310. The number of nitrogens with zero attached hydrogens (tertiary/aromatic N) is 3. The fourth-order valence-electron chi connectivity index (χ4n) is 8.28. The molecule has 0 aliphatic carbocycles. The largest absolute Gasteiger partial charge is 0.456 e. The lowest BCUT2D eigenvalue weighted by Crippen LogP contribution is -2.00. The minimum Gasteiger partial charge on any atom is -0.456 e. The van der Waals surface area contributed by atoms with E-state index in [-0.39, 0.29) is 0 Å². The molecule has 0 radical (unpaired) electrons. The van der Waals surface area contributed by atoms with Crippen molar-refractivity contribution < 1.29 is 4.42 Å². The number of hydrogen-bond donors (Lipinski definition) is 0. The van der Waals surface area contributed by atoms with Crippen LogP contribution in [0.5, 0.6) is 0 Å². The van der Waals surface area contributed by atoms with E-state index in [4.69, 9.17) is 19.4 Å². The molecule has 0 atom stereocenters. The molecular weight excluding hydrogens is 743 g/mol. The van der Waals surface area contributed by atoms with Crippen molar-refractivity contribution in [3.8, 4) is 89.8 Å². The highest BCUT2D eigenvalue weighted by Crippen LogP contribution is 2.41. The lowest BCUT2D eigenvalue weighted by Gasteiger charge is -2.14. The second-order valence-electron chi connectivity index (χ2n) is 15.2. The molecule has 0 amide bonds. The Morgan fingerprint density at radius 1 is 0.246 bits per heavy atom. The molecule has 0 aliphatic rings. The Labute approximate surface area is 354 Å². The third kappa shape index (κ3) is 6.96. The molecular formula is C57H37N3O. The topological polar surface area (TPSA) is 51.8 Å². The van der Waals surface area contributed by atoms with Crippen LogP contribution in [0.25, 0.3) is 112 Å². The van der Waals surface area contributed by atoms with Crippen molar-refractivity contribution in [2.45, 2.75) is 0 Å². The molecule has 0 fully saturated rings. The summed E-state index contributed by atoms with van der Waals surface area (Å²) in [5.41, 5.74) is 15.9. The maximum Gasteiger partial charge on any atom is 0.164 e. The Balaban J connectivity index is 1.03. The quantitative estimate of drug-likeness (QED) is 0.154. The van der Waals surface area contributed by atoms with Crippen LogP contribution in [0, 0.1) is 0 Å². The Hall–Kier alpha value is -8.21. The zero-order valence-corrected chi connectivity index (χ0v) is 33.1. The second-order valence-corrected chi connectivity index (χ2v) is 15.2. The first-order chi connectivity index (χ1) is 30.2. The average molecular weight is 780 g/mol. The van der Waals surface area contributed by atoms with E-state index in [2.05, 4.69) is 176 Å². The fourth-order valence-corrected chi connectivity index (χ4v) is 8.28. The third-order valence-electron chi connectivity index (χ3n) is 11.4. The zero-order chi connectivity index (χ0) is 40.5. The minimum atomic E-state index is 0.585. The molecule has 4 nitrogen and oxygen atoms in total. The minimum absolute atomic E-state index is 0.585. The van der Waals surface area contributed by atoms with E-state index in [1.54, 1.807) is 0 Å². The van der Waals surface area contributed by atoms with Crippen molar-refractivity contribution in [1.82, 2.24) is 15.0 Å². The van der Waals surface area contributed by atoms with Crippen LogP contribution in [0.1, 0.15) is 0 Å². The molecule has 2 aromatic heterocycles. The highest BCUT2D eigenvalue weighted by Gasteiger charge is 2.19. The number of aromatic nitrogens is 3. The van der Waals surface area contributed by atoms with Gasteiger partial charge in [-0.05, 0) is 79.9 Å². The summed E-state index contributed by atoms with van der Waals surface area (Å²) < 4.78 is 6.55. The molecule has 286 valence electrons. The first-order valence-corrected chi connectivity index (χ1v) is 20.5. The summed E-state index contributed by atoms with van der Waals surface area (Å²) in [6.07, 6.45) is 0. The van der Waals surface area contributed by atoms with Gasteiger partial charge in [0.2, 0.25) is 0 Å². The van der Waals surface area contributed by atoms with Crippen LogP contribution in [0.15, 0.2) is 229 Å². The van der Waals surface area contributed by atoms with Crippen molar-refractivity contribution in [3.05, 3.63) is 224 Å². The second kappa shape index (κ2) is 15.5. The van der Waals surface area contributed by atoms with Crippen molar-refractivity contribution in [1.29, 1.82) is 0 Å². The predicted molar refractivity (Wildman–Crippen MR) is 251 cm³/mol. The number of benzene rings is 9. The molecule has 2 heterocycles.